The molecular weight excluding hydrogens is 324 g/mol. The van der Waals surface area contributed by atoms with E-state index in [0.29, 0.717) is 18.1 Å². The molecule has 0 fully saturated rings. The van der Waals surface area contributed by atoms with Crippen molar-refractivity contribution in [3.05, 3.63) is 82.8 Å². The normalized spacial score (nSPS) is 10.4. The number of rotatable bonds is 5. The zero-order chi connectivity index (χ0) is 18.5. The quantitative estimate of drug-likeness (QED) is 0.724. The highest BCUT2D eigenvalue weighted by molar-refractivity contribution is 6.04. The van der Waals surface area contributed by atoms with Gasteiger partial charge in [0.15, 0.2) is 0 Å². The van der Waals surface area contributed by atoms with E-state index in [-0.39, 0.29) is 5.91 Å². The van der Waals surface area contributed by atoms with Gasteiger partial charge < -0.3 is 10.6 Å². The van der Waals surface area contributed by atoms with Crippen molar-refractivity contribution < 1.29 is 4.79 Å². The maximum absolute atomic E-state index is 12.6. The van der Waals surface area contributed by atoms with Crippen molar-refractivity contribution >= 4 is 17.4 Å². The minimum Gasteiger partial charge on any atom is -0.366 e. The second-order valence-corrected chi connectivity index (χ2v) is 6.35. The molecule has 0 saturated heterocycles. The minimum atomic E-state index is -0.247. The summed E-state index contributed by atoms with van der Waals surface area (Å²) in [5.41, 5.74) is 5.56. The van der Waals surface area contributed by atoms with Crippen LogP contribution in [0.2, 0.25) is 0 Å². The molecule has 132 valence electrons. The van der Waals surface area contributed by atoms with Crippen LogP contribution < -0.4 is 10.6 Å². The summed E-state index contributed by atoms with van der Waals surface area (Å²) >= 11 is 0. The van der Waals surface area contributed by atoms with E-state index in [4.69, 9.17) is 0 Å². The highest BCUT2D eigenvalue weighted by Crippen LogP contribution is 2.20. The topological polar surface area (TPSA) is 66.9 Å². The number of amides is 1. The molecule has 0 unspecified atom stereocenters. The van der Waals surface area contributed by atoms with E-state index in [2.05, 4.69) is 45.7 Å². The number of hydrogen-bond donors (Lipinski definition) is 2. The van der Waals surface area contributed by atoms with Gasteiger partial charge in [0.05, 0.1) is 0 Å². The number of hydrogen-bond acceptors (Lipinski definition) is 4. The second kappa shape index (κ2) is 7.78. The molecule has 0 radical (unpaired) electrons. The molecule has 1 amide bonds. The van der Waals surface area contributed by atoms with Crippen LogP contribution in [0.25, 0.3) is 0 Å². The molecule has 3 rings (SSSR count). The van der Waals surface area contributed by atoms with E-state index in [1.54, 1.807) is 6.07 Å². The Kier molecular flexibility index (Phi) is 5.27. The van der Waals surface area contributed by atoms with Crippen LogP contribution in [0, 0.1) is 20.8 Å². The Balaban J connectivity index is 1.71. The van der Waals surface area contributed by atoms with Crippen LogP contribution in [0.3, 0.4) is 0 Å². The number of carbonyl (C=O) groups excluding carboxylic acids is 1. The molecule has 0 spiro atoms. The van der Waals surface area contributed by atoms with E-state index in [1.807, 2.05) is 38.1 Å². The van der Waals surface area contributed by atoms with Gasteiger partial charge in [-0.15, -0.1) is 0 Å². The van der Waals surface area contributed by atoms with Gasteiger partial charge in [-0.1, -0.05) is 48.0 Å². The highest BCUT2D eigenvalue weighted by Gasteiger charge is 2.12. The molecule has 0 bridgehead atoms. The lowest BCUT2D eigenvalue weighted by molar-refractivity contribution is 0.102. The third-order valence-electron chi connectivity index (χ3n) is 4.18. The first-order valence-corrected chi connectivity index (χ1v) is 8.52. The predicted octanol–water partition coefficient (Wildman–Crippen LogP) is 4.27. The molecule has 5 heteroatoms. The van der Waals surface area contributed by atoms with Crippen LogP contribution >= 0.6 is 0 Å². The summed E-state index contributed by atoms with van der Waals surface area (Å²) in [6, 6.07) is 15.8. The van der Waals surface area contributed by atoms with Gasteiger partial charge in [0.2, 0.25) is 0 Å². The molecule has 0 saturated carbocycles. The summed E-state index contributed by atoms with van der Waals surface area (Å²) in [6.07, 6.45) is 1.40. The van der Waals surface area contributed by atoms with Crippen LogP contribution in [0.5, 0.6) is 0 Å². The zero-order valence-electron chi connectivity index (χ0n) is 15.2. The van der Waals surface area contributed by atoms with Crippen molar-refractivity contribution in [3.63, 3.8) is 0 Å². The van der Waals surface area contributed by atoms with Gasteiger partial charge in [-0.25, -0.2) is 9.97 Å². The average molecular weight is 346 g/mol. The number of benzene rings is 2. The number of para-hydroxylation sites is 1. The third kappa shape index (κ3) is 4.25. The first kappa shape index (κ1) is 17.6. The van der Waals surface area contributed by atoms with Crippen LogP contribution in [-0.4, -0.2) is 15.9 Å². The molecule has 5 nitrogen and oxygen atoms in total. The summed E-state index contributed by atoms with van der Waals surface area (Å²) in [6.45, 7) is 6.63. The first-order valence-electron chi connectivity index (χ1n) is 8.52. The standard InChI is InChI=1S/C21H22N4O/c1-14-6-4-9-17(10-14)12-22-19-11-18(23-13-24-19)21(26)25-20-15(2)7-5-8-16(20)3/h4-11,13H,12H2,1-3H3,(H,25,26)(H,22,23,24). The third-order valence-corrected chi connectivity index (χ3v) is 4.18. The lowest BCUT2D eigenvalue weighted by atomic mass is 10.1. The van der Waals surface area contributed by atoms with Crippen molar-refractivity contribution in [2.75, 3.05) is 10.6 Å². The summed E-state index contributed by atoms with van der Waals surface area (Å²) in [7, 11) is 0. The Morgan fingerprint density at radius 1 is 0.962 bits per heavy atom. The van der Waals surface area contributed by atoms with Crippen LogP contribution in [0.4, 0.5) is 11.5 Å². The molecule has 3 aromatic rings. The SMILES string of the molecule is Cc1cccc(CNc2cc(C(=O)Nc3c(C)cccc3C)ncn2)c1. The van der Waals surface area contributed by atoms with Crippen molar-refractivity contribution in [2.45, 2.75) is 27.3 Å². The smallest absolute Gasteiger partial charge is 0.274 e. The Morgan fingerprint density at radius 2 is 1.69 bits per heavy atom. The van der Waals surface area contributed by atoms with Gasteiger partial charge in [-0.05, 0) is 37.5 Å². The molecule has 2 N–H and O–H groups in total. The fourth-order valence-electron chi connectivity index (χ4n) is 2.78. The minimum absolute atomic E-state index is 0.247. The first-order chi connectivity index (χ1) is 12.5. The average Bonchev–Trinajstić information content (AvgIpc) is 2.63. The molecule has 1 aromatic heterocycles. The van der Waals surface area contributed by atoms with Gasteiger partial charge in [0.1, 0.15) is 17.8 Å². The van der Waals surface area contributed by atoms with Crippen molar-refractivity contribution in [3.8, 4) is 0 Å². The molecule has 26 heavy (non-hydrogen) atoms. The molecule has 0 aliphatic heterocycles. The number of aryl methyl sites for hydroxylation is 3. The monoisotopic (exact) mass is 346 g/mol. The van der Waals surface area contributed by atoms with Gasteiger partial charge >= 0.3 is 0 Å². The molecule has 0 atom stereocenters. The predicted molar refractivity (Wildman–Crippen MR) is 104 cm³/mol. The summed E-state index contributed by atoms with van der Waals surface area (Å²) in [5.74, 6) is 0.372. The lowest BCUT2D eigenvalue weighted by Gasteiger charge is -2.11. The molecule has 0 aliphatic rings. The van der Waals surface area contributed by atoms with Crippen molar-refractivity contribution in [2.24, 2.45) is 0 Å². The zero-order valence-corrected chi connectivity index (χ0v) is 15.2. The molecule has 1 heterocycles. The number of aromatic nitrogens is 2. The van der Waals surface area contributed by atoms with E-state index in [0.717, 1.165) is 22.4 Å². The van der Waals surface area contributed by atoms with Gasteiger partial charge in [0.25, 0.3) is 5.91 Å². The maximum atomic E-state index is 12.6. The Hall–Kier alpha value is -3.21. The van der Waals surface area contributed by atoms with E-state index < -0.39 is 0 Å². The molecule has 2 aromatic carbocycles. The van der Waals surface area contributed by atoms with E-state index in [1.165, 1.54) is 11.9 Å². The number of nitrogens with zero attached hydrogens (tertiary/aromatic N) is 2. The highest BCUT2D eigenvalue weighted by atomic mass is 16.1. The number of anilines is 2. The van der Waals surface area contributed by atoms with Crippen molar-refractivity contribution in [1.29, 1.82) is 0 Å². The fourth-order valence-corrected chi connectivity index (χ4v) is 2.78. The number of nitrogens with one attached hydrogen (secondary N) is 2. The summed E-state index contributed by atoms with van der Waals surface area (Å²) in [5, 5.41) is 6.19. The Bertz CT molecular complexity index is 917. The van der Waals surface area contributed by atoms with Gasteiger partial charge in [-0.2, -0.15) is 0 Å². The lowest BCUT2D eigenvalue weighted by Crippen LogP contribution is -2.16. The Morgan fingerprint density at radius 3 is 2.42 bits per heavy atom. The van der Waals surface area contributed by atoms with Gasteiger partial charge in [0, 0.05) is 18.3 Å². The molecular formula is C21H22N4O. The van der Waals surface area contributed by atoms with Crippen molar-refractivity contribution in [1.82, 2.24) is 9.97 Å². The van der Waals surface area contributed by atoms with Crippen LogP contribution in [0.1, 0.15) is 32.7 Å². The van der Waals surface area contributed by atoms with E-state index >= 15 is 0 Å². The fraction of sp³-hybridized carbons (Fsp3) is 0.190. The van der Waals surface area contributed by atoms with Gasteiger partial charge in [-0.3, -0.25) is 4.79 Å². The van der Waals surface area contributed by atoms with E-state index in [9.17, 15) is 4.79 Å². The number of carbonyl (C=O) groups is 1. The largest absolute Gasteiger partial charge is 0.366 e. The molecule has 0 aliphatic carbocycles. The second-order valence-electron chi connectivity index (χ2n) is 6.35. The van der Waals surface area contributed by atoms with Crippen LogP contribution in [0.15, 0.2) is 54.9 Å². The van der Waals surface area contributed by atoms with Crippen LogP contribution in [-0.2, 0) is 6.54 Å². The summed E-state index contributed by atoms with van der Waals surface area (Å²) < 4.78 is 0. The summed E-state index contributed by atoms with van der Waals surface area (Å²) in [4.78, 5) is 20.9. The Labute approximate surface area is 153 Å². The maximum Gasteiger partial charge on any atom is 0.274 e.